The van der Waals surface area contributed by atoms with E-state index in [0.29, 0.717) is 5.41 Å². The van der Waals surface area contributed by atoms with Crippen LogP contribution < -0.4 is 5.32 Å². The van der Waals surface area contributed by atoms with E-state index in [1.165, 1.54) is 12.8 Å². The minimum atomic E-state index is 0. The Labute approximate surface area is 147 Å². The Morgan fingerprint density at radius 1 is 1.24 bits per heavy atom. The molecule has 1 N–H and O–H groups in total. The Morgan fingerprint density at radius 3 is 2.52 bits per heavy atom. The lowest BCUT2D eigenvalue weighted by Gasteiger charge is -2.27. The van der Waals surface area contributed by atoms with E-state index in [9.17, 15) is 0 Å². The Balaban J connectivity index is 0.00000220. The number of aliphatic imine (C=N–C) groups is 1. The number of nitrogens with one attached hydrogen (secondary N) is 1. The average molecular weight is 409 g/mol. The van der Waals surface area contributed by atoms with Crippen LogP contribution in [0.3, 0.4) is 0 Å². The Kier molecular flexibility index (Phi) is 7.24. The SMILES string of the molecule is CCNC(=NCC1(C)CCOC1)N1CCC(C)(CC)C1.I. The van der Waals surface area contributed by atoms with Gasteiger partial charge in [-0.1, -0.05) is 20.8 Å². The van der Waals surface area contributed by atoms with E-state index < -0.39 is 0 Å². The lowest BCUT2D eigenvalue weighted by molar-refractivity contribution is 0.162. The molecular formula is C16H32IN3O. The fourth-order valence-corrected chi connectivity index (χ4v) is 3.02. The molecule has 2 rings (SSSR count). The standard InChI is InChI=1S/C16H31N3O.HI/c1-5-15(3)7-9-19(12-15)14(17-6-2)18-11-16(4)8-10-20-13-16;/h5-13H2,1-4H3,(H,17,18);1H. The second-order valence-electron chi connectivity index (χ2n) is 7.12. The molecule has 21 heavy (non-hydrogen) atoms. The molecule has 2 aliphatic rings. The van der Waals surface area contributed by atoms with Crippen molar-refractivity contribution in [2.45, 2.75) is 47.0 Å². The van der Waals surface area contributed by atoms with Crippen LogP contribution in [0.5, 0.6) is 0 Å². The second kappa shape index (κ2) is 7.99. The van der Waals surface area contributed by atoms with Gasteiger partial charge in [0.15, 0.2) is 5.96 Å². The molecule has 2 atom stereocenters. The van der Waals surface area contributed by atoms with Crippen molar-refractivity contribution < 1.29 is 4.74 Å². The molecule has 0 aromatic rings. The normalized spacial score (nSPS) is 33.1. The molecule has 0 bridgehead atoms. The molecule has 0 aromatic heterocycles. The van der Waals surface area contributed by atoms with Gasteiger partial charge >= 0.3 is 0 Å². The van der Waals surface area contributed by atoms with Crippen LogP contribution in [-0.2, 0) is 4.74 Å². The number of halogens is 1. The van der Waals surface area contributed by atoms with Crippen molar-refractivity contribution in [1.29, 1.82) is 0 Å². The van der Waals surface area contributed by atoms with Crippen molar-refractivity contribution in [3.05, 3.63) is 0 Å². The van der Waals surface area contributed by atoms with Gasteiger partial charge < -0.3 is 15.0 Å². The van der Waals surface area contributed by atoms with Crippen LogP contribution in [0.2, 0.25) is 0 Å². The summed E-state index contributed by atoms with van der Waals surface area (Å²) in [6.45, 7) is 14.9. The van der Waals surface area contributed by atoms with Crippen molar-refractivity contribution in [3.63, 3.8) is 0 Å². The predicted octanol–water partition coefficient (Wildman–Crippen LogP) is 3.12. The first kappa shape index (κ1) is 19.0. The molecule has 2 heterocycles. The van der Waals surface area contributed by atoms with Gasteiger partial charge in [0.05, 0.1) is 13.2 Å². The fourth-order valence-electron chi connectivity index (χ4n) is 3.02. The third kappa shape index (κ3) is 4.98. The van der Waals surface area contributed by atoms with E-state index in [0.717, 1.165) is 51.8 Å². The summed E-state index contributed by atoms with van der Waals surface area (Å²) in [5, 5.41) is 3.46. The summed E-state index contributed by atoms with van der Waals surface area (Å²) in [6, 6.07) is 0. The zero-order valence-corrected chi connectivity index (χ0v) is 16.4. The molecular weight excluding hydrogens is 377 g/mol. The Morgan fingerprint density at radius 2 is 2.00 bits per heavy atom. The first-order valence-electron chi connectivity index (χ1n) is 8.11. The molecule has 2 unspecified atom stereocenters. The van der Waals surface area contributed by atoms with E-state index in [2.05, 4.69) is 37.9 Å². The smallest absolute Gasteiger partial charge is 0.193 e. The van der Waals surface area contributed by atoms with Crippen LogP contribution in [0.4, 0.5) is 0 Å². The summed E-state index contributed by atoms with van der Waals surface area (Å²) in [7, 11) is 0. The quantitative estimate of drug-likeness (QED) is 0.441. The van der Waals surface area contributed by atoms with Gasteiger partial charge in [0.2, 0.25) is 0 Å². The molecule has 2 saturated heterocycles. The highest BCUT2D eigenvalue weighted by Gasteiger charge is 2.34. The van der Waals surface area contributed by atoms with E-state index in [-0.39, 0.29) is 29.4 Å². The molecule has 0 aromatic carbocycles. The van der Waals surface area contributed by atoms with Crippen LogP contribution in [-0.4, -0.2) is 50.3 Å². The van der Waals surface area contributed by atoms with Gasteiger partial charge in [-0.15, -0.1) is 24.0 Å². The number of hydrogen-bond acceptors (Lipinski definition) is 2. The lowest BCUT2D eigenvalue weighted by atomic mass is 9.87. The maximum atomic E-state index is 5.53. The van der Waals surface area contributed by atoms with Crippen molar-refractivity contribution >= 4 is 29.9 Å². The third-order valence-electron chi connectivity index (χ3n) is 4.96. The largest absolute Gasteiger partial charge is 0.381 e. The molecule has 0 amide bonds. The molecule has 2 fully saturated rings. The molecule has 124 valence electrons. The second-order valence-corrected chi connectivity index (χ2v) is 7.12. The lowest BCUT2D eigenvalue weighted by Crippen LogP contribution is -2.41. The highest BCUT2D eigenvalue weighted by atomic mass is 127. The maximum absolute atomic E-state index is 5.53. The highest BCUT2D eigenvalue weighted by Crippen LogP contribution is 2.33. The fraction of sp³-hybridized carbons (Fsp3) is 0.938. The molecule has 5 heteroatoms. The van der Waals surface area contributed by atoms with Gasteiger partial charge in [-0.2, -0.15) is 0 Å². The van der Waals surface area contributed by atoms with Crippen LogP contribution in [0.1, 0.15) is 47.0 Å². The highest BCUT2D eigenvalue weighted by molar-refractivity contribution is 14.0. The van der Waals surface area contributed by atoms with Crippen LogP contribution in [0, 0.1) is 10.8 Å². The number of ether oxygens (including phenoxy) is 1. The maximum Gasteiger partial charge on any atom is 0.193 e. The summed E-state index contributed by atoms with van der Waals surface area (Å²) in [4.78, 5) is 7.34. The monoisotopic (exact) mass is 409 g/mol. The first-order chi connectivity index (χ1) is 9.50. The summed E-state index contributed by atoms with van der Waals surface area (Å²) >= 11 is 0. The molecule has 4 nitrogen and oxygen atoms in total. The van der Waals surface area contributed by atoms with E-state index in [4.69, 9.17) is 9.73 Å². The third-order valence-corrected chi connectivity index (χ3v) is 4.96. The van der Waals surface area contributed by atoms with Gasteiger partial charge in [0, 0.05) is 31.7 Å². The van der Waals surface area contributed by atoms with Gasteiger partial charge in [0.25, 0.3) is 0 Å². The number of rotatable bonds is 4. The minimum Gasteiger partial charge on any atom is -0.381 e. The van der Waals surface area contributed by atoms with Crippen molar-refractivity contribution in [2.75, 3.05) is 39.4 Å². The zero-order chi connectivity index (χ0) is 14.6. The van der Waals surface area contributed by atoms with Crippen molar-refractivity contribution in [1.82, 2.24) is 10.2 Å². The van der Waals surface area contributed by atoms with Gasteiger partial charge in [-0.3, -0.25) is 4.99 Å². The number of nitrogens with zero attached hydrogens (tertiary/aromatic N) is 2. The topological polar surface area (TPSA) is 36.9 Å². The predicted molar refractivity (Wildman–Crippen MR) is 99.5 cm³/mol. The summed E-state index contributed by atoms with van der Waals surface area (Å²) < 4.78 is 5.53. The number of guanidine groups is 1. The molecule has 0 saturated carbocycles. The van der Waals surface area contributed by atoms with Gasteiger partial charge in [-0.25, -0.2) is 0 Å². The van der Waals surface area contributed by atoms with Crippen LogP contribution in [0.25, 0.3) is 0 Å². The Bertz CT molecular complexity index is 355. The van der Waals surface area contributed by atoms with E-state index in [1.54, 1.807) is 0 Å². The van der Waals surface area contributed by atoms with Crippen LogP contribution in [0.15, 0.2) is 4.99 Å². The summed E-state index contributed by atoms with van der Waals surface area (Å²) in [5.74, 6) is 1.10. The number of likely N-dealkylation sites (tertiary alicyclic amines) is 1. The summed E-state index contributed by atoms with van der Waals surface area (Å²) in [6.07, 6.45) is 3.64. The molecule has 0 spiro atoms. The van der Waals surface area contributed by atoms with Gasteiger partial charge in [0.1, 0.15) is 0 Å². The molecule has 0 radical (unpaired) electrons. The van der Waals surface area contributed by atoms with E-state index >= 15 is 0 Å². The van der Waals surface area contributed by atoms with Crippen molar-refractivity contribution in [3.8, 4) is 0 Å². The van der Waals surface area contributed by atoms with Crippen molar-refractivity contribution in [2.24, 2.45) is 15.8 Å². The Hall–Kier alpha value is -0.0400. The van der Waals surface area contributed by atoms with Gasteiger partial charge in [-0.05, 0) is 31.6 Å². The average Bonchev–Trinajstić information content (AvgIpc) is 3.03. The van der Waals surface area contributed by atoms with Crippen LogP contribution >= 0.6 is 24.0 Å². The first-order valence-corrected chi connectivity index (χ1v) is 8.11. The molecule has 0 aliphatic carbocycles. The summed E-state index contributed by atoms with van der Waals surface area (Å²) in [5.41, 5.74) is 0.686. The minimum absolute atomic E-state index is 0. The van der Waals surface area contributed by atoms with E-state index in [1.807, 2.05) is 0 Å². The number of hydrogen-bond donors (Lipinski definition) is 1. The molecule has 2 aliphatic heterocycles. The zero-order valence-electron chi connectivity index (χ0n) is 14.1.